The summed E-state index contributed by atoms with van der Waals surface area (Å²) in [5.41, 5.74) is 2.34. The summed E-state index contributed by atoms with van der Waals surface area (Å²) in [6, 6.07) is 18.5. The molecule has 5 atom stereocenters. The monoisotopic (exact) mass is 574 g/mol. The Hall–Kier alpha value is -1.75. The Labute approximate surface area is 243 Å². The van der Waals surface area contributed by atoms with Crippen molar-refractivity contribution in [2.24, 2.45) is 0 Å². The van der Waals surface area contributed by atoms with E-state index in [1.54, 1.807) is 7.11 Å². The summed E-state index contributed by atoms with van der Waals surface area (Å²) in [4.78, 5) is 4.89. The lowest BCUT2D eigenvalue weighted by Crippen LogP contribution is -2.61. The van der Waals surface area contributed by atoms with Crippen molar-refractivity contribution in [2.75, 3.05) is 51.4 Å². The lowest BCUT2D eigenvalue weighted by molar-refractivity contribution is -0.271. The van der Waals surface area contributed by atoms with Crippen molar-refractivity contribution in [3.05, 3.63) is 65.2 Å². The molecule has 2 aromatic rings. The number of halogens is 1. The highest BCUT2D eigenvalue weighted by Crippen LogP contribution is 2.38. The third-order valence-corrected chi connectivity index (χ3v) is 8.18. The number of nitrogens with zero attached hydrogens (tertiary/aromatic N) is 2. The van der Waals surface area contributed by atoms with Crippen LogP contribution in [0.2, 0.25) is 5.02 Å². The van der Waals surface area contributed by atoms with E-state index in [0.717, 1.165) is 31.2 Å². The van der Waals surface area contributed by atoms with E-state index in [0.29, 0.717) is 19.8 Å². The molecule has 220 valence electrons. The Bertz CT molecular complexity index is 1080. The van der Waals surface area contributed by atoms with Gasteiger partial charge in [-0.2, -0.15) is 0 Å². The molecule has 0 aliphatic carbocycles. The molecule has 0 amide bonds. The van der Waals surface area contributed by atoms with E-state index < -0.39 is 11.6 Å². The number of methoxy groups -OCH3 is 1. The van der Waals surface area contributed by atoms with Crippen LogP contribution >= 0.6 is 11.6 Å². The summed E-state index contributed by atoms with van der Waals surface area (Å²) < 4.78 is 37.3. The van der Waals surface area contributed by atoms with Crippen LogP contribution in [-0.2, 0) is 35.0 Å². The van der Waals surface area contributed by atoms with Gasteiger partial charge in [0.25, 0.3) is 0 Å². The van der Waals surface area contributed by atoms with Crippen molar-refractivity contribution in [3.63, 3.8) is 0 Å². The zero-order chi connectivity index (χ0) is 28.3. The molecule has 2 aromatic carbocycles. The van der Waals surface area contributed by atoms with E-state index in [1.165, 1.54) is 11.3 Å². The normalized spacial score (nSPS) is 28.9. The predicted octanol–water partition coefficient (Wildman–Crippen LogP) is 4.73. The molecule has 9 heteroatoms. The zero-order valence-electron chi connectivity index (χ0n) is 24.3. The highest BCUT2D eigenvalue weighted by molar-refractivity contribution is 6.30. The second-order valence-electron chi connectivity index (χ2n) is 11.8. The van der Waals surface area contributed by atoms with Gasteiger partial charge in [-0.05, 0) is 57.5 Å². The van der Waals surface area contributed by atoms with Crippen LogP contribution < -0.4 is 4.90 Å². The fourth-order valence-electron chi connectivity index (χ4n) is 5.77. The van der Waals surface area contributed by atoms with Crippen LogP contribution in [0.25, 0.3) is 0 Å². The molecule has 0 unspecified atom stereocenters. The van der Waals surface area contributed by atoms with Crippen LogP contribution in [0, 0.1) is 0 Å². The molecular weight excluding hydrogens is 532 g/mol. The van der Waals surface area contributed by atoms with Gasteiger partial charge < -0.3 is 33.3 Å². The summed E-state index contributed by atoms with van der Waals surface area (Å²) in [5.74, 6) is -1.47. The van der Waals surface area contributed by atoms with Gasteiger partial charge in [0.2, 0.25) is 0 Å². The van der Waals surface area contributed by atoms with Crippen molar-refractivity contribution in [2.45, 2.75) is 76.3 Å². The van der Waals surface area contributed by atoms with Crippen molar-refractivity contribution >= 4 is 17.3 Å². The number of piperazine rings is 1. The zero-order valence-corrected chi connectivity index (χ0v) is 25.0. The van der Waals surface area contributed by atoms with Gasteiger partial charge in [0.15, 0.2) is 11.6 Å². The first kappa shape index (κ1) is 29.7. The molecule has 0 N–H and O–H groups in total. The maximum absolute atomic E-state index is 6.44. The molecule has 0 bridgehead atoms. The molecular formula is C31H43ClN2O6. The lowest BCUT2D eigenvalue weighted by atomic mass is 9.98. The van der Waals surface area contributed by atoms with Crippen LogP contribution in [0.15, 0.2) is 54.6 Å². The summed E-state index contributed by atoms with van der Waals surface area (Å²) >= 11 is 6.16. The first-order valence-electron chi connectivity index (χ1n) is 14.2. The summed E-state index contributed by atoms with van der Waals surface area (Å²) in [6.07, 6.45) is -0.936. The SMILES string of the molecule is COC(C)(C)O[C@H]1CO[C@H](CN2CCN(c3ccc(Cl)cc3)C[C@@H]2COCc2ccccc2)[C@@H]2OC(C)(C)O[C@@H]21. The summed E-state index contributed by atoms with van der Waals surface area (Å²) in [6.45, 7) is 12.6. The molecule has 3 saturated heterocycles. The van der Waals surface area contributed by atoms with E-state index in [-0.39, 0.29) is 30.5 Å². The molecule has 0 aromatic heterocycles. The van der Waals surface area contributed by atoms with Crippen LogP contribution in [0.3, 0.4) is 0 Å². The van der Waals surface area contributed by atoms with Gasteiger partial charge in [-0.15, -0.1) is 0 Å². The number of anilines is 1. The number of ether oxygens (including phenoxy) is 6. The molecule has 40 heavy (non-hydrogen) atoms. The standard InChI is InChI=1S/C31H43ClN2O6/c1-30(2,35-5)38-27-21-37-26(28-29(27)40-31(3,4)39-28)18-34-16-15-33(24-13-11-23(32)12-14-24)17-25(34)20-36-19-22-9-7-6-8-10-22/h6-14,25-29H,15-21H2,1-5H3/t25-,26-,27+,28+,29-/m1/s1. The van der Waals surface area contributed by atoms with Gasteiger partial charge in [-0.1, -0.05) is 41.9 Å². The van der Waals surface area contributed by atoms with Gasteiger partial charge in [0.05, 0.1) is 32.0 Å². The predicted molar refractivity (Wildman–Crippen MR) is 155 cm³/mol. The topological polar surface area (TPSA) is 61.9 Å². The maximum Gasteiger partial charge on any atom is 0.164 e. The molecule has 0 saturated carbocycles. The van der Waals surface area contributed by atoms with Crippen molar-refractivity contribution in [3.8, 4) is 0 Å². The van der Waals surface area contributed by atoms with E-state index in [9.17, 15) is 0 Å². The van der Waals surface area contributed by atoms with Gasteiger partial charge >= 0.3 is 0 Å². The number of benzene rings is 2. The molecule has 3 aliphatic rings. The highest BCUT2D eigenvalue weighted by Gasteiger charge is 2.54. The Morgan fingerprint density at radius 3 is 2.45 bits per heavy atom. The Morgan fingerprint density at radius 1 is 1.00 bits per heavy atom. The molecule has 0 spiro atoms. The molecule has 3 fully saturated rings. The molecule has 3 aliphatic heterocycles. The largest absolute Gasteiger partial charge is 0.375 e. The Kier molecular flexibility index (Phi) is 9.39. The van der Waals surface area contributed by atoms with Crippen LogP contribution in [0.4, 0.5) is 5.69 Å². The number of rotatable bonds is 10. The van der Waals surface area contributed by atoms with E-state index in [2.05, 4.69) is 34.1 Å². The van der Waals surface area contributed by atoms with Crippen molar-refractivity contribution in [1.29, 1.82) is 0 Å². The van der Waals surface area contributed by atoms with Gasteiger partial charge in [-0.3, -0.25) is 4.90 Å². The minimum atomic E-state index is -0.749. The van der Waals surface area contributed by atoms with E-state index in [1.807, 2.05) is 58.0 Å². The van der Waals surface area contributed by atoms with E-state index in [4.69, 9.17) is 40.0 Å². The Balaban J connectivity index is 1.28. The van der Waals surface area contributed by atoms with E-state index >= 15 is 0 Å². The van der Waals surface area contributed by atoms with Gasteiger partial charge in [0, 0.05) is 44.0 Å². The van der Waals surface area contributed by atoms with Crippen molar-refractivity contribution in [1.82, 2.24) is 4.90 Å². The second-order valence-corrected chi connectivity index (χ2v) is 12.2. The van der Waals surface area contributed by atoms with Crippen LogP contribution in [0.5, 0.6) is 0 Å². The lowest BCUT2D eigenvalue weighted by Gasteiger charge is -2.46. The third kappa shape index (κ3) is 7.36. The molecule has 5 rings (SSSR count). The smallest absolute Gasteiger partial charge is 0.164 e. The number of hydrogen-bond donors (Lipinski definition) is 0. The average molecular weight is 575 g/mol. The number of hydrogen-bond acceptors (Lipinski definition) is 8. The second kappa shape index (κ2) is 12.6. The minimum Gasteiger partial charge on any atom is -0.375 e. The van der Waals surface area contributed by atoms with Gasteiger partial charge in [-0.25, -0.2) is 0 Å². The quantitative estimate of drug-likeness (QED) is 0.377. The maximum atomic E-state index is 6.44. The first-order valence-corrected chi connectivity index (χ1v) is 14.6. The first-order chi connectivity index (χ1) is 19.1. The minimum absolute atomic E-state index is 0.156. The number of fused-ring (bicyclic) bond motifs is 1. The van der Waals surface area contributed by atoms with Crippen LogP contribution in [-0.4, -0.2) is 93.4 Å². The molecule has 3 heterocycles. The van der Waals surface area contributed by atoms with Gasteiger partial charge in [0.1, 0.15) is 18.3 Å². The fourth-order valence-corrected chi connectivity index (χ4v) is 5.89. The Morgan fingerprint density at radius 2 is 1.73 bits per heavy atom. The van der Waals surface area contributed by atoms with Crippen molar-refractivity contribution < 1.29 is 28.4 Å². The third-order valence-electron chi connectivity index (χ3n) is 7.93. The summed E-state index contributed by atoms with van der Waals surface area (Å²) in [7, 11) is 1.64. The molecule has 0 radical (unpaired) electrons. The molecule has 8 nitrogen and oxygen atoms in total. The average Bonchev–Trinajstić information content (AvgIpc) is 3.27. The fraction of sp³-hybridized carbons (Fsp3) is 0.613. The highest BCUT2D eigenvalue weighted by atomic mass is 35.5. The summed E-state index contributed by atoms with van der Waals surface area (Å²) in [5, 5.41) is 0.743. The van der Waals surface area contributed by atoms with Crippen LogP contribution in [0.1, 0.15) is 33.3 Å².